The number of halogens is 2. The Morgan fingerprint density at radius 2 is 2.31 bits per heavy atom. The van der Waals surface area contributed by atoms with Crippen molar-refractivity contribution in [3.63, 3.8) is 0 Å². The van der Waals surface area contributed by atoms with E-state index in [1.807, 2.05) is 0 Å². The van der Waals surface area contributed by atoms with E-state index in [2.05, 4.69) is 15.9 Å². The maximum Gasteiger partial charge on any atom is 0.289 e. The molecule has 0 spiro atoms. The average molecular weight is 307 g/mol. The topological polar surface area (TPSA) is 33.5 Å². The molecule has 1 aliphatic rings. The van der Waals surface area contributed by atoms with E-state index in [1.54, 1.807) is 24.1 Å². The third-order valence-electron chi connectivity index (χ3n) is 2.84. The highest BCUT2D eigenvalue weighted by Gasteiger charge is 2.29. The summed E-state index contributed by atoms with van der Waals surface area (Å²) in [6, 6.07) is 3.19. The minimum Gasteiger partial charge on any atom is -0.440 e. The van der Waals surface area contributed by atoms with Crippen LogP contribution in [0.5, 0.6) is 0 Å². The predicted molar refractivity (Wildman–Crippen MR) is 66.1 cm³/mol. The monoisotopic (exact) mass is 305 g/mol. The Morgan fingerprint density at radius 1 is 1.62 bits per heavy atom. The molecule has 1 aromatic heterocycles. The lowest BCUT2D eigenvalue weighted by Crippen LogP contribution is -2.37. The largest absolute Gasteiger partial charge is 0.440 e. The van der Waals surface area contributed by atoms with Gasteiger partial charge in [0.1, 0.15) is 0 Å². The summed E-state index contributed by atoms with van der Waals surface area (Å²) in [5, 5.41) is 0.251. The van der Waals surface area contributed by atoms with Gasteiger partial charge < -0.3 is 9.32 Å². The molecule has 0 unspecified atom stereocenters. The van der Waals surface area contributed by atoms with Gasteiger partial charge in [0, 0.05) is 18.4 Å². The fourth-order valence-electron chi connectivity index (χ4n) is 1.89. The van der Waals surface area contributed by atoms with Crippen LogP contribution in [0.2, 0.25) is 5.22 Å². The molecule has 5 heteroatoms. The minimum absolute atomic E-state index is 0.107. The van der Waals surface area contributed by atoms with Crippen LogP contribution in [0.4, 0.5) is 0 Å². The summed E-state index contributed by atoms with van der Waals surface area (Å²) in [5.41, 5.74) is 0. The maximum absolute atomic E-state index is 11.9. The van der Waals surface area contributed by atoms with Crippen molar-refractivity contribution in [2.45, 2.75) is 17.7 Å². The number of carbonyl (C=O) groups excluding carboxylic acids is 1. The molecular formula is C11H13BrClNO2. The van der Waals surface area contributed by atoms with Gasteiger partial charge in [-0.1, -0.05) is 15.9 Å². The van der Waals surface area contributed by atoms with E-state index in [1.165, 1.54) is 0 Å². The zero-order chi connectivity index (χ0) is 11.7. The third-order valence-corrected chi connectivity index (χ3v) is 3.79. The Hall–Kier alpha value is -0.480. The van der Waals surface area contributed by atoms with Crippen LogP contribution < -0.4 is 0 Å². The Balaban J connectivity index is 1.89. The Labute approximate surface area is 108 Å². The van der Waals surface area contributed by atoms with Crippen molar-refractivity contribution in [1.82, 2.24) is 4.90 Å². The second-order valence-corrected chi connectivity index (χ2v) is 5.89. The van der Waals surface area contributed by atoms with E-state index < -0.39 is 0 Å². The second kappa shape index (κ2) is 4.80. The Bertz CT molecular complexity index is 387. The van der Waals surface area contributed by atoms with Crippen LogP contribution in [0.25, 0.3) is 0 Å². The Morgan fingerprint density at radius 3 is 2.81 bits per heavy atom. The van der Waals surface area contributed by atoms with E-state index in [0.29, 0.717) is 16.5 Å². The van der Waals surface area contributed by atoms with Crippen molar-refractivity contribution in [3.05, 3.63) is 23.1 Å². The fourth-order valence-corrected chi connectivity index (χ4v) is 3.09. The number of hydrogen-bond donors (Lipinski definition) is 0. The molecule has 1 fully saturated rings. The molecule has 1 heterocycles. The van der Waals surface area contributed by atoms with E-state index in [0.717, 1.165) is 19.4 Å². The van der Waals surface area contributed by atoms with E-state index in [9.17, 15) is 4.79 Å². The molecule has 0 aromatic carbocycles. The lowest BCUT2D eigenvalue weighted by atomic mass is 9.85. The van der Waals surface area contributed by atoms with Crippen molar-refractivity contribution < 1.29 is 9.21 Å². The average Bonchev–Trinajstić information content (AvgIpc) is 2.61. The predicted octanol–water partition coefficient (Wildman–Crippen LogP) is 3.18. The van der Waals surface area contributed by atoms with Gasteiger partial charge in [-0.3, -0.25) is 4.79 Å². The van der Waals surface area contributed by atoms with Crippen molar-refractivity contribution >= 4 is 33.4 Å². The summed E-state index contributed by atoms with van der Waals surface area (Å²) in [5.74, 6) is 0.802. The number of nitrogens with zero attached hydrogens (tertiary/aromatic N) is 1. The summed E-state index contributed by atoms with van der Waals surface area (Å²) in [7, 11) is 1.79. The SMILES string of the molecule is CN(CC1CC(Br)C1)C(=O)c1ccc(Cl)o1. The minimum atomic E-state index is -0.107. The van der Waals surface area contributed by atoms with Crippen LogP contribution >= 0.6 is 27.5 Å². The lowest BCUT2D eigenvalue weighted by molar-refractivity contribution is 0.0717. The van der Waals surface area contributed by atoms with Gasteiger partial charge in [0.2, 0.25) is 0 Å². The summed E-state index contributed by atoms with van der Waals surface area (Å²) in [6.07, 6.45) is 2.27. The molecule has 1 aliphatic carbocycles. The van der Waals surface area contributed by atoms with Gasteiger partial charge in [-0.25, -0.2) is 0 Å². The quantitative estimate of drug-likeness (QED) is 0.804. The molecule has 2 rings (SSSR count). The van der Waals surface area contributed by atoms with Crippen LogP contribution in [0.15, 0.2) is 16.5 Å². The summed E-state index contributed by atoms with van der Waals surface area (Å²) in [6.45, 7) is 0.777. The number of amides is 1. The molecule has 0 radical (unpaired) electrons. The fraction of sp³-hybridized carbons (Fsp3) is 0.545. The first-order valence-corrected chi connectivity index (χ1v) is 6.50. The molecule has 0 bridgehead atoms. The molecule has 0 N–H and O–H groups in total. The van der Waals surface area contributed by atoms with Crippen LogP contribution in [0, 0.1) is 5.92 Å². The standard InChI is InChI=1S/C11H13BrClNO2/c1-14(6-7-4-8(12)5-7)11(15)9-2-3-10(13)16-9/h2-3,7-8H,4-6H2,1H3. The number of furan rings is 1. The molecule has 0 aliphatic heterocycles. The molecule has 3 nitrogen and oxygen atoms in total. The zero-order valence-electron chi connectivity index (χ0n) is 8.95. The van der Waals surface area contributed by atoms with Gasteiger partial charge in [0.15, 0.2) is 11.0 Å². The van der Waals surface area contributed by atoms with Crippen LogP contribution in [0.3, 0.4) is 0 Å². The highest BCUT2D eigenvalue weighted by atomic mass is 79.9. The number of rotatable bonds is 3. The molecular weight excluding hydrogens is 293 g/mol. The normalized spacial score (nSPS) is 23.9. The number of hydrogen-bond acceptors (Lipinski definition) is 2. The molecule has 16 heavy (non-hydrogen) atoms. The second-order valence-electron chi connectivity index (χ2n) is 4.22. The van der Waals surface area contributed by atoms with E-state index in [4.69, 9.17) is 16.0 Å². The van der Waals surface area contributed by atoms with Gasteiger partial charge in [0.05, 0.1) is 0 Å². The summed E-state index contributed by atoms with van der Waals surface area (Å²) < 4.78 is 5.09. The molecule has 0 atom stereocenters. The van der Waals surface area contributed by atoms with E-state index >= 15 is 0 Å². The zero-order valence-corrected chi connectivity index (χ0v) is 11.3. The van der Waals surface area contributed by atoms with Crippen LogP contribution in [0.1, 0.15) is 23.4 Å². The third kappa shape index (κ3) is 2.61. The number of alkyl halides is 1. The van der Waals surface area contributed by atoms with Crippen LogP contribution in [-0.2, 0) is 0 Å². The highest BCUT2D eigenvalue weighted by Crippen LogP contribution is 2.33. The maximum atomic E-state index is 11.9. The van der Waals surface area contributed by atoms with Gasteiger partial charge in [-0.15, -0.1) is 0 Å². The molecule has 1 aromatic rings. The van der Waals surface area contributed by atoms with Gasteiger partial charge >= 0.3 is 0 Å². The highest BCUT2D eigenvalue weighted by molar-refractivity contribution is 9.09. The molecule has 1 saturated carbocycles. The number of carbonyl (C=O) groups is 1. The van der Waals surface area contributed by atoms with Gasteiger partial charge in [-0.2, -0.15) is 0 Å². The first-order valence-electron chi connectivity index (χ1n) is 5.21. The van der Waals surface area contributed by atoms with Crippen molar-refractivity contribution in [3.8, 4) is 0 Å². The smallest absolute Gasteiger partial charge is 0.289 e. The summed E-state index contributed by atoms with van der Waals surface area (Å²) >= 11 is 9.17. The van der Waals surface area contributed by atoms with Crippen molar-refractivity contribution in [1.29, 1.82) is 0 Å². The van der Waals surface area contributed by atoms with Crippen molar-refractivity contribution in [2.24, 2.45) is 5.92 Å². The first kappa shape index (κ1) is 12.0. The lowest BCUT2D eigenvalue weighted by Gasteiger charge is -2.34. The van der Waals surface area contributed by atoms with E-state index in [-0.39, 0.29) is 11.1 Å². The van der Waals surface area contributed by atoms with Crippen LogP contribution in [-0.4, -0.2) is 29.2 Å². The Kier molecular flexibility index (Phi) is 3.60. The van der Waals surface area contributed by atoms with Crippen molar-refractivity contribution in [2.75, 3.05) is 13.6 Å². The molecule has 88 valence electrons. The van der Waals surface area contributed by atoms with Gasteiger partial charge in [0.25, 0.3) is 5.91 Å². The molecule has 1 amide bonds. The van der Waals surface area contributed by atoms with Gasteiger partial charge in [-0.05, 0) is 42.5 Å². The molecule has 0 saturated heterocycles. The summed E-state index contributed by atoms with van der Waals surface area (Å²) in [4.78, 5) is 14.2. The first-order chi connectivity index (χ1) is 7.56.